The Morgan fingerprint density at radius 3 is 2.30 bits per heavy atom. The number of ether oxygens (including phenoxy) is 2. The van der Waals surface area contributed by atoms with E-state index in [2.05, 4.69) is 0 Å². The number of carbonyl (C=O) groups excluding carboxylic acids is 1. The predicted octanol–water partition coefficient (Wildman–Crippen LogP) is 3.60. The molecule has 0 aromatic heterocycles. The molecule has 1 amide bonds. The first-order chi connectivity index (χ1) is 9.56. The number of nitrogens with two attached hydrogens (primary N) is 1. The predicted molar refractivity (Wildman–Crippen MR) is 77.9 cm³/mol. The Morgan fingerprint density at radius 2 is 1.70 bits per heavy atom. The van der Waals surface area contributed by atoms with Gasteiger partial charge in [0, 0.05) is 0 Å². The highest BCUT2D eigenvalue weighted by atomic mass is 16.6. The lowest BCUT2D eigenvalue weighted by Crippen LogP contribution is -2.17. The lowest BCUT2D eigenvalue weighted by atomic mass is 10.1. The molecule has 0 unspecified atom stereocenters. The smallest absolute Gasteiger partial charge is 0.410 e. The quantitative estimate of drug-likeness (QED) is 0.924. The Hall–Kier alpha value is -2.49. The fourth-order valence-corrected chi connectivity index (χ4v) is 1.86. The maximum Gasteiger partial charge on any atom is 0.410 e. The Bertz CT molecular complexity index is 594. The average molecular weight is 271 g/mol. The average Bonchev–Trinajstić information content (AvgIpc) is 2.40. The largest absolute Gasteiger partial charge is 0.487 e. The third-order valence-corrected chi connectivity index (χ3v) is 2.62. The standard InChI is InChI=1S/C16H17NO3/c1-11(2)19-14-9-8-13(10-15(14)20-16(17)18)12-6-4-3-5-7-12/h3-11H,1-2H3,(H2,17,18). The van der Waals surface area contributed by atoms with Crippen molar-refractivity contribution in [1.29, 1.82) is 0 Å². The third-order valence-electron chi connectivity index (χ3n) is 2.62. The second-order valence-electron chi connectivity index (χ2n) is 4.62. The van der Waals surface area contributed by atoms with Gasteiger partial charge in [-0.05, 0) is 37.1 Å². The minimum atomic E-state index is -0.858. The molecular weight excluding hydrogens is 254 g/mol. The lowest BCUT2D eigenvalue weighted by Gasteiger charge is -2.14. The maximum absolute atomic E-state index is 11.0. The maximum atomic E-state index is 11.0. The van der Waals surface area contributed by atoms with Crippen LogP contribution in [0.15, 0.2) is 48.5 Å². The van der Waals surface area contributed by atoms with E-state index in [1.807, 2.05) is 50.2 Å². The van der Waals surface area contributed by atoms with E-state index in [1.165, 1.54) is 0 Å². The van der Waals surface area contributed by atoms with E-state index in [-0.39, 0.29) is 6.10 Å². The number of benzene rings is 2. The molecular formula is C16H17NO3. The van der Waals surface area contributed by atoms with Gasteiger partial charge in [-0.15, -0.1) is 0 Å². The Kier molecular flexibility index (Phi) is 4.25. The molecule has 0 fully saturated rings. The number of carbonyl (C=O) groups is 1. The second kappa shape index (κ2) is 6.10. The molecule has 2 rings (SSSR count). The van der Waals surface area contributed by atoms with Crippen molar-refractivity contribution in [3.8, 4) is 22.6 Å². The summed E-state index contributed by atoms with van der Waals surface area (Å²) in [6.45, 7) is 3.80. The second-order valence-corrected chi connectivity index (χ2v) is 4.62. The van der Waals surface area contributed by atoms with Gasteiger partial charge in [0.15, 0.2) is 11.5 Å². The van der Waals surface area contributed by atoms with Gasteiger partial charge in [0.2, 0.25) is 0 Å². The summed E-state index contributed by atoms with van der Waals surface area (Å²) in [5, 5.41) is 0. The van der Waals surface area contributed by atoms with Crippen molar-refractivity contribution in [1.82, 2.24) is 0 Å². The van der Waals surface area contributed by atoms with Crippen molar-refractivity contribution in [2.24, 2.45) is 5.73 Å². The van der Waals surface area contributed by atoms with Crippen molar-refractivity contribution >= 4 is 6.09 Å². The van der Waals surface area contributed by atoms with Gasteiger partial charge in [-0.1, -0.05) is 36.4 Å². The zero-order valence-corrected chi connectivity index (χ0v) is 11.5. The van der Waals surface area contributed by atoms with Crippen LogP contribution in [0.3, 0.4) is 0 Å². The lowest BCUT2D eigenvalue weighted by molar-refractivity contribution is 0.200. The highest BCUT2D eigenvalue weighted by Crippen LogP contribution is 2.33. The molecule has 0 aliphatic carbocycles. The molecule has 0 atom stereocenters. The molecule has 20 heavy (non-hydrogen) atoms. The van der Waals surface area contributed by atoms with E-state index in [4.69, 9.17) is 15.2 Å². The van der Waals surface area contributed by atoms with Crippen LogP contribution in [0.25, 0.3) is 11.1 Å². The number of hydrogen-bond acceptors (Lipinski definition) is 3. The third kappa shape index (κ3) is 3.51. The van der Waals surface area contributed by atoms with Gasteiger partial charge in [0.1, 0.15) is 0 Å². The van der Waals surface area contributed by atoms with Crippen molar-refractivity contribution in [2.45, 2.75) is 20.0 Å². The number of hydrogen-bond donors (Lipinski definition) is 1. The van der Waals surface area contributed by atoms with Crippen molar-refractivity contribution < 1.29 is 14.3 Å². The number of rotatable bonds is 4. The van der Waals surface area contributed by atoms with Gasteiger partial charge in [-0.25, -0.2) is 4.79 Å². The van der Waals surface area contributed by atoms with Crippen molar-refractivity contribution in [3.05, 3.63) is 48.5 Å². The highest BCUT2D eigenvalue weighted by Gasteiger charge is 2.11. The molecule has 2 aromatic rings. The minimum Gasteiger partial charge on any atom is -0.487 e. The molecule has 0 saturated carbocycles. The van der Waals surface area contributed by atoms with Gasteiger partial charge in [-0.2, -0.15) is 0 Å². The van der Waals surface area contributed by atoms with Crippen LogP contribution in [0.5, 0.6) is 11.5 Å². The summed E-state index contributed by atoms with van der Waals surface area (Å²) in [5.41, 5.74) is 7.05. The molecule has 0 bridgehead atoms. The summed E-state index contributed by atoms with van der Waals surface area (Å²) in [7, 11) is 0. The molecule has 104 valence electrons. The molecule has 0 aliphatic heterocycles. The van der Waals surface area contributed by atoms with Gasteiger partial charge in [0.25, 0.3) is 0 Å². The molecule has 2 aromatic carbocycles. The van der Waals surface area contributed by atoms with E-state index >= 15 is 0 Å². The molecule has 0 saturated heterocycles. The summed E-state index contributed by atoms with van der Waals surface area (Å²) in [6, 6.07) is 15.2. The number of primary amides is 1. The molecule has 0 spiro atoms. The zero-order valence-electron chi connectivity index (χ0n) is 11.5. The van der Waals surface area contributed by atoms with Crippen LogP contribution in [0.1, 0.15) is 13.8 Å². The SMILES string of the molecule is CC(C)Oc1ccc(-c2ccccc2)cc1OC(N)=O. The fraction of sp³-hybridized carbons (Fsp3) is 0.188. The van der Waals surface area contributed by atoms with Gasteiger partial charge < -0.3 is 15.2 Å². The number of amides is 1. The summed E-state index contributed by atoms with van der Waals surface area (Å²) in [4.78, 5) is 11.0. The first kappa shape index (κ1) is 13.9. The first-order valence-corrected chi connectivity index (χ1v) is 6.39. The Balaban J connectivity index is 2.40. The molecule has 0 radical (unpaired) electrons. The van der Waals surface area contributed by atoms with Crippen LogP contribution in [0, 0.1) is 0 Å². The Labute approximate surface area is 118 Å². The molecule has 0 aliphatic rings. The molecule has 4 nitrogen and oxygen atoms in total. The molecule has 4 heteroatoms. The zero-order chi connectivity index (χ0) is 14.5. The monoisotopic (exact) mass is 271 g/mol. The normalized spacial score (nSPS) is 10.3. The van der Waals surface area contributed by atoms with Gasteiger partial charge in [0.05, 0.1) is 6.10 Å². The van der Waals surface area contributed by atoms with E-state index in [9.17, 15) is 4.79 Å². The van der Waals surface area contributed by atoms with Gasteiger partial charge in [-0.3, -0.25) is 0 Å². The van der Waals surface area contributed by atoms with E-state index in [0.29, 0.717) is 11.5 Å². The van der Waals surface area contributed by atoms with E-state index < -0.39 is 6.09 Å². The van der Waals surface area contributed by atoms with E-state index in [0.717, 1.165) is 11.1 Å². The van der Waals surface area contributed by atoms with Crippen LogP contribution in [0.2, 0.25) is 0 Å². The van der Waals surface area contributed by atoms with Crippen LogP contribution in [0.4, 0.5) is 4.79 Å². The van der Waals surface area contributed by atoms with Crippen molar-refractivity contribution in [2.75, 3.05) is 0 Å². The van der Waals surface area contributed by atoms with Crippen LogP contribution >= 0.6 is 0 Å². The van der Waals surface area contributed by atoms with E-state index in [1.54, 1.807) is 12.1 Å². The minimum absolute atomic E-state index is 0.0206. The first-order valence-electron chi connectivity index (χ1n) is 6.39. The fourth-order valence-electron chi connectivity index (χ4n) is 1.86. The summed E-state index contributed by atoms with van der Waals surface area (Å²) in [6.07, 6.45) is -0.878. The molecule has 2 N–H and O–H groups in total. The Morgan fingerprint density at radius 1 is 1.00 bits per heavy atom. The van der Waals surface area contributed by atoms with Crippen LogP contribution < -0.4 is 15.2 Å². The summed E-state index contributed by atoms with van der Waals surface area (Å²) >= 11 is 0. The summed E-state index contributed by atoms with van der Waals surface area (Å²) < 4.78 is 10.6. The highest BCUT2D eigenvalue weighted by molar-refractivity contribution is 5.72. The van der Waals surface area contributed by atoms with Gasteiger partial charge >= 0.3 is 6.09 Å². The molecule has 0 heterocycles. The topological polar surface area (TPSA) is 61.6 Å². The van der Waals surface area contributed by atoms with Crippen LogP contribution in [-0.2, 0) is 0 Å². The van der Waals surface area contributed by atoms with Crippen LogP contribution in [-0.4, -0.2) is 12.2 Å². The van der Waals surface area contributed by atoms with Crippen molar-refractivity contribution in [3.63, 3.8) is 0 Å². The summed E-state index contributed by atoms with van der Waals surface area (Å²) in [5.74, 6) is 0.825.